The zero-order valence-electron chi connectivity index (χ0n) is 15.5. The molecular formula is C21H26N2O2S. The van der Waals surface area contributed by atoms with Crippen molar-refractivity contribution in [1.29, 1.82) is 0 Å². The van der Waals surface area contributed by atoms with E-state index in [0.717, 1.165) is 23.5 Å². The van der Waals surface area contributed by atoms with Crippen molar-refractivity contribution in [1.82, 2.24) is 10.6 Å². The fourth-order valence-corrected chi connectivity index (χ4v) is 3.23. The predicted molar refractivity (Wildman–Crippen MR) is 109 cm³/mol. The summed E-state index contributed by atoms with van der Waals surface area (Å²) in [4.78, 5) is 0. The first-order chi connectivity index (χ1) is 12.5. The summed E-state index contributed by atoms with van der Waals surface area (Å²) in [6.45, 7) is 7.53. The molecule has 2 N–H and O–H groups in total. The summed E-state index contributed by atoms with van der Waals surface area (Å²) < 4.78 is 10.7. The standard InChI is InChI=1S/C21H26N2O2S/c1-14(2)10-16-4-7-18(8-5-16)15(3)23-21(26)22-12-17-6-9-19-20(11-17)25-13-24-19/h4-9,11,14-15H,10,12-13H2,1-3H3,(H2,22,23,26)/t15-/m1/s1. The summed E-state index contributed by atoms with van der Waals surface area (Å²) in [6, 6.07) is 14.8. The second-order valence-electron chi connectivity index (χ2n) is 7.08. The molecule has 1 aliphatic rings. The van der Waals surface area contributed by atoms with Crippen LogP contribution in [0.4, 0.5) is 0 Å². The van der Waals surface area contributed by atoms with Gasteiger partial charge >= 0.3 is 0 Å². The summed E-state index contributed by atoms with van der Waals surface area (Å²) >= 11 is 5.43. The Morgan fingerprint density at radius 3 is 2.42 bits per heavy atom. The van der Waals surface area contributed by atoms with Crippen molar-refractivity contribution in [3.8, 4) is 11.5 Å². The monoisotopic (exact) mass is 370 g/mol. The Morgan fingerprint density at radius 1 is 1.00 bits per heavy atom. The van der Waals surface area contributed by atoms with E-state index in [1.54, 1.807) is 0 Å². The van der Waals surface area contributed by atoms with Crippen LogP contribution in [0.3, 0.4) is 0 Å². The van der Waals surface area contributed by atoms with E-state index in [1.807, 2.05) is 18.2 Å². The van der Waals surface area contributed by atoms with Crippen molar-refractivity contribution < 1.29 is 9.47 Å². The van der Waals surface area contributed by atoms with E-state index in [9.17, 15) is 0 Å². The summed E-state index contributed by atoms with van der Waals surface area (Å²) in [6.07, 6.45) is 1.11. The number of rotatable bonds is 6. The summed E-state index contributed by atoms with van der Waals surface area (Å²) in [5.74, 6) is 2.26. The van der Waals surface area contributed by atoms with E-state index < -0.39 is 0 Å². The van der Waals surface area contributed by atoms with Gasteiger partial charge in [0.15, 0.2) is 16.6 Å². The van der Waals surface area contributed by atoms with E-state index in [2.05, 4.69) is 55.7 Å². The van der Waals surface area contributed by atoms with Gasteiger partial charge in [-0.25, -0.2) is 0 Å². The number of hydrogen-bond acceptors (Lipinski definition) is 3. The van der Waals surface area contributed by atoms with Gasteiger partial charge in [0.1, 0.15) is 0 Å². The highest BCUT2D eigenvalue weighted by Crippen LogP contribution is 2.32. The first-order valence-corrected chi connectivity index (χ1v) is 9.44. The smallest absolute Gasteiger partial charge is 0.231 e. The third-order valence-electron chi connectivity index (χ3n) is 4.36. The maximum atomic E-state index is 5.43. The van der Waals surface area contributed by atoms with Crippen LogP contribution in [0.5, 0.6) is 11.5 Å². The molecular weight excluding hydrogens is 344 g/mol. The van der Waals surface area contributed by atoms with Gasteiger partial charge in [-0.3, -0.25) is 0 Å². The van der Waals surface area contributed by atoms with Crippen molar-refractivity contribution in [2.75, 3.05) is 6.79 Å². The highest BCUT2D eigenvalue weighted by molar-refractivity contribution is 7.80. The lowest BCUT2D eigenvalue weighted by Gasteiger charge is -2.18. The van der Waals surface area contributed by atoms with Crippen LogP contribution in [0.15, 0.2) is 42.5 Å². The molecule has 1 atom stereocenters. The highest BCUT2D eigenvalue weighted by atomic mass is 32.1. The first-order valence-electron chi connectivity index (χ1n) is 9.03. The Labute approximate surface area is 160 Å². The number of hydrogen-bond donors (Lipinski definition) is 2. The van der Waals surface area contributed by atoms with Crippen molar-refractivity contribution in [3.05, 3.63) is 59.2 Å². The molecule has 0 bridgehead atoms. The molecule has 0 fully saturated rings. The first kappa shape index (κ1) is 18.5. The van der Waals surface area contributed by atoms with Crippen molar-refractivity contribution in [2.45, 2.75) is 39.8 Å². The molecule has 138 valence electrons. The zero-order chi connectivity index (χ0) is 18.5. The van der Waals surface area contributed by atoms with Crippen molar-refractivity contribution >= 4 is 17.3 Å². The van der Waals surface area contributed by atoms with Crippen LogP contribution >= 0.6 is 12.2 Å². The van der Waals surface area contributed by atoms with E-state index in [-0.39, 0.29) is 6.04 Å². The number of fused-ring (bicyclic) bond motifs is 1. The second-order valence-corrected chi connectivity index (χ2v) is 7.48. The average Bonchev–Trinajstić information content (AvgIpc) is 3.07. The van der Waals surface area contributed by atoms with Gasteiger partial charge in [0, 0.05) is 6.54 Å². The van der Waals surface area contributed by atoms with Crippen LogP contribution in [0, 0.1) is 5.92 Å². The van der Waals surface area contributed by atoms with Gasteiger partial charge in [-0.1, -0.05) is 44.2 Å². The maximum Gasteiger partial charge on any atom is 0.231 e. The molecule has 3 rings (SSSR count). The zero-order valence-corrected chi connectivity index (χ0v) is 16.4. The summed E-state index contributed by atoms with van der Waals surface area (Å²) in [5.41, 5.74) is 3.70. The minimum absolute atomic E-state index is 0.153. The molecule has 0 amide bonds. The van der Waals surface area contributed by atoms with Crippen molar-refractivity contribution in [2.24, 2.45) is 5.92 Å². The van der Waals surface area contributed by atoms with Crippen LogP contribution in [-0.4, -0.2) is 11.9 Å². The molecule has 1 aliphatic heterocycles. The Kier molecular flexibility index (Phi) is 5.99. The Bertz CT molecular complexity index is 759. The van der Waals surface area contributed by atoms with Crippen LogP contribution in [-0.2, 0) is 13.0 Å². The van der Waals surface area contributed by atoms with Crippen LogP contribution < -0.4 is 20.1 Å². The van der Waals surface area contributed by atoms with E-state index >= 15 is 0 Å². The summed E-state index contributed by atoms with van der Waals surface area (Å²) in [5, 5.41) is 7.24. The SMILES string of the molecule is CC(C)Cc1ccc([C@@H](C)NC(=S)NCc2ccc3c(c2)OCO3)cc1. The third-order valence-corrected chi connectivity index (χ3v) is 4.62. The Morgan fingerprint density at radius 2 is 1.69 bits per heavy atom. The molecule has 0 saturated carbocycles. The Balaban J connectivity index is 1.49. The third kappa shape index (κ3) is 4.88. The molecule has 0 saturated heterocycles. The molecule has 0 spiro atoms. The fraction of sp³-hybridized carbons (Fsp3) is 0.381. The van der Waals surface area contributed by atoms with Crippen molar-refractivity contribution in [3.63, 3.8) is 0 Å². The van der Waals surface area contributed by atoms with Crippen LogP contribution in [0.2, 0.25) is 0 Å². The van der Waals surface area contributed by atoms with Crippen LogP contribution in [0.1, 0.15) is 43.5 Å². The fourth-order valence-electron chi connectivity index (χ4n) is 2.98. The number of benzene rings is 2. The molecule has 0 aromatic heterocycles. The van der Waals surface area contributed by atoms with E-state index in [1.165, 1.54) is 11.1 Å². The molecule has 1 heterocycles. The molecule has 0 unspecified atom stereocenters. The van der Waals surface area contributed by atoms with Gasteiger partial charge in [0.05, 0.1) is 6.04 Å². The lowest BCUT2D eigenvalue weighted by atomic mass is 10.00. The minimum atomic E-state index is 0.153. The topological polar surface area (TPSA) is 42.5 Å². The number of nitrogens with one attached hydrogen (secondary N) is 2. The Hall–Kier alpha value is -2.27. The van der Waals surface area contributed by atoms with E-state index in [4.69, 9.17) is 21.7 Å². The lowest BCUT2D eigenvalue weighted by molar-refractivity contribution is 0.174. The number of ether oxygens (including phenoxy) is 2. The predicted octanol–water partition coefficient (Wildman–Crippen LogP) is 4.34. The molecule has 0 radical (unpaired) electrons. The minimum Gasteiger partial charge on any atom is -0.454 e. The van der Waals surface area contributed by atoms with Crippen LogP contribution in [0.25, 0.3) is 0 Å². The normalized spacial score (nSPS) is 13.5. The van der Waals surface area contributed by atoms with Gasteiger partial charge in [0.25, 0.3) is 0 Å². The summed E-state index contributed by atoms with van der Waals surface area (Å²) in [7, 11) is 0. The van der Waals surface area contributed by atoms with Gasteiger partial charge in [-0.05, 0) is 60.3 Å². The van der Waals surface area contributed by atoms with Gasteiger partial charge in [0.2, 0.25) is 6.79 Å². The lowest BCUT2D eigenvalue weighted by Crippen LogP contribution is -2.36. The van der Waals surface area contributed by atoms with Gasteiger partial charge in [-0.2, -0.15) is 0 Å². The second kappa shape index (κ2) is 8.41. The van der Waals surface area contributed by atoms with Gasteiger partial charge in [-0.15, -0.1) is 0 Å². The molecule has 26 heavy (non-hydrogen) atoms. The molecule has 0 aliphatic carbocycles. The quantitative estimate of drug-likeness (QED) is 0.741. The average molecular weight is 371 g/mol. The molecule has 4 nitrogen and oxygen atoms in total. The molecule has 2 aromatic carbocycles. The van der Waals surface area contributed by atoms with E-state index in [0.29, 0.717) is 24.4 Å². The molecule has 2 aromatic rings. The maximum absolute atomic E-state index is 5.43. The largest absolute Gasteiger partial charge is 0.454 e. The highest BCUT2D eigenvalue weighted by Gasteiger charge is 2.13. The number of thiocarbonyl (C=S) groups is 1. The van der Waals surface area contributed by atoms with Gasteiger partial charge < -0.3 is 20.1 Å². The molecule has 5 heteroatoms.